The van der Waals surface area contributed by atoms with Gasteiger partial charge in [-0.25, -0.2) is 0 Å². The van der Waals surface area contributed by atoms with E-state index in [0.717, 1.165) is 12.3 Å². The summed E-state index contributed by atoms with van der Waals surface area (Å²) in [6, 6.07) is 0.552. The van der Waals surface area contributed by atoms with Crippen LogP contribution in [0, 0.1) is 0 Å². The Morgan fingerprint density at radius 3 is 2.31 bits per heavy atom. The summed E-state index contributed by atoms with van der Waals surface area (Å²) in [6.45, 7) is 16.0. The lowest BCUT2D eigenvalue weighted by molar-refractivity contribution is 0.622. The van der Waals surface area contributed by atoms with Gasteiger partial charge in [-0.2, -0.15) is 11.8 Å². The fourth-order valence-electron chi connectivity index (χ4n) is 0.718. The Balaban J connectivity index is 3.53. The molecule has 0 fully saturated rings. The maximum Gasteiger partial charge on any atom is 0.0172 e. The van der Waals surface area contributed by atoms with E-state index in [4.69, 9.17) is 0 Å². The van der Waals surface area contributed by atoms with Crippen molar-refractivity contribution in [2.75, 3.05) is 12.3 Å². The summed E-state index contributed by atoms with van der Waals surface area (Å²) in [5, 5.41) is 3.37. The molecule has 2 heteroatoms. The first-order valence-corrected chi connectivity index (χ1v) is 5.84. The van der Waals surface area contributed by atoms with Gasteiger partial charge in [0.05, 0.1) is 0 Å². The highest BCUT2D eigenvalue weighted by Crippen LogP contribution is 2.24. The molecule has 78 valence electrons. The molecule has 0 heterocycles. The number of hydrogen-bond acceptors (Lipinski definition) is 2. The second kappa shape index (κ2) is 5.71. The van der Waals surface area contributed by atoms with Gasteiger partial charge in [0, 0.05) is 23.1 Å². The van der Waals surface area contributed by atoms with Crippen LogP contribution in [0.5, 0.6) is 0 Å². The molecule has 0 aliphatic rings. The Kier molecular flexibility index (Phi) is 5.73. The van der Waals surface area contributed by atoms with Gasteiger partial charge in [0.2, 0.25) is 0 Å². The lowest BCUT2D eigenvalue weighted by atomic mass is 10.3. The van der Waals surface area contributed by atoms with E-state index in [-0.39, 0.29) is 0 Å². The van der Waals surface area contributed by atoms with Crippen LogP contribution in [-0.4, -0.2) is 23.1 Å². The monoisotopic (exact) mass is 201 g/mol. The highest BCUT2D eigenvalue weighted by atomic mass is 32.2. The molecule has 0 radical (unpaired) electrons. The molecule has 0 aromatic carbocycles. The van der Waals surface area contributed by atoms with Crippen molar-refractivity contribution in [3.05, 3.63) is 12.2 Å². The molecule has 1 nitrogen and oxygen atoms in total. The Hall–Kier alpha value is 0.0500. The average Bonchev–Trinajstić information content (AvgIpc) is 1.95. The lowest BCUT2D eigenvalue weighted by Crippen LogP contribution is -2.25. The predicted octanol–water partition coefficient (Wildman–Crippen LogP) is 3.07. The minimum absolute atomic E-state index is 0.348. The van der Waals surface area contributed by atoms with E-state index in [9.17, 15) is 0 Å². The van der Waals surface area contributed by atoms with Crippen molar-refractivity contribution in [3.63, 3.8) is 0 Å². The molecule has 0 unspecified atom stereocenters. The zero-order valence-electron chi connectivity index (χ0n) is 9.61. The van der Waals surface area contributed by atoms with Crippen molar-refractivity contribution < 1.29 is 0 Å². The number of hydrogen-bond donors (Lipinski definition) is 1. The molecule has 0 atom stereocenters. The maximum absolute atomic E-state index is 4.05. The highest BCUT2D eigenvalue weighted by molar-refractivity contribution is 8.00. The van der Waals surface area contributed by atoms with Gasteiger partial charge in [0.1, 0.15) is 0 Å². The molecular formula is C11H23NS. The van der Waals surface area contributed by atoms with E-state index < -0.39 is 0 Å². The first kappa shape index (κ1) is 13.1. The van der Waals surface area contributed by atoms with Gasteiger partial charge < -0.3 is 5.32 Å². The molecule has 0 aliphatic carbocycles. The van der Waals surface area contributed by atoms with Gasteiger partial charge in [-0.3, -0.25) is 0 Å². The second-order valence-electron chi connectivity index (χ2n) is 4.69. The largest absolute Gasteiger partial charge is 0.311 e. The summed E-state index contributed by atoms with van der Waals surface area (Å²) >= 11 is 1.95. The summed E-state index contributed by atoms with van der Waals surface area (Å²) in [5.41, 5.74) is 1.29. The van der Waals surface area contributed by atoms with E-state index in [2.05, 4.69) is 46.5 Å². The summed E-state index contributed by atoms with van der Waals surface area (Å²) in [4.78, 5) is 0. The minimum Gasteiger partial charge on any atom is -0.311 e. The van der Waals surface area contributed by atoms with Crippen molar-refractivity contribution in [2.45, 2.75) is 45.4 Å². The van der Waals surface area contributed by atoms with Crippen LogP contribution in [0.4, 0.5) is 0 Å². The van der Waals surface area contributed by atoms with Gasteiger partial charge in [0.15, 0.2) is 0 Å². The van der Waals surface area contributed by atoms with Gasteiger partial charge in [0.25, 0.3) is 0 Å². The van der Waals surface area contributed by atoms with E-state index in [1.54, 1.807) is 0 Å². The van der Waals surface area contributed by atoms with Gasteiger partial charge in [-0.15, -0.1) is 0 Å². The molecule has 13 heavy (non-hydrogen) atoms. The molecule has 0 aromatic heterocycles. The fraction of sp³-hybridized carbons (Fsp3) is 0.818. The van der Waals surface area contributed by atoms with Crippen LogP contribution in [0.3, 0.4) is 0 Å². The maximum atomic E-state index is 4.05. The predicted molar refractivity (Wildman–Crippen MR) is 64.5 cm³/mol. The molecular weight excluding hydrogens is 178 g/mol. The van der Waals surface area contributed by atoms with Crippen LogP contribution in [-0.2, 0) is 0 Å². The molecule has 0 aliphatic heterocycles. The quantitative estimate of drug-likeness (QED) is 0.686. The van der Waals surface area contributed by atoms with E-state index in [1.807, 2.05) is 11.8 Å². The van der Waals surface area contributed by atoms with Crippen LogP contribution in [0.15, 0.2) is 12.2 Å². The normalized spacial score (nSPS) is 12.2. The molecule has 0 bridgehead atoms. The molecule has 0 rings (SSSR count). The SMILES string of the molecule is C=C(CNC(C)C)CSC(C)(C)C. The molecule has 0 spiro atoms. The Morgan fingerprint density at radius 2 is 1.92 bits per heavy atom. The highest BCUT2D eigenvalue weighted by Gasteiger charge is 2.10. The first-order chi connectivity index (χ1) is 5.81. The summed E-state index contributed by atoms with van der Waals surface area (Å²) < 4.78 is 0.348. The number of thioether (sulfide) groups is 1. The Morgan fingerprint density at radius 1 is 1.38 bits per heavy atom. The van der Waals surface area contributed by atoms with Crippen LogP contribution >= 0.6 is 11.8 Å². The number of nitrogens with one attached hydrogen (secondary N) is 1. The molecule has 0 saturated carbocycles. The molecule has 1 N–H and O–H groups in total. The van der Waals surface area contributed by atoms with Crippen LogP contribution in [0.25, 0.3) is 0 Å². The third-order valence-corrected chi connectivity index (χ3v) is 2.89. The zero-order valence-corrected chi connectivity index (χ0v) is 10.4. The average molecular weight is 201 g/mol. The van der Waals surface area contributed by atoms with Crippen molar-refractivity contribution in [1.29, 1.82) is 0 Å². The summed E-state index contributed by atoms with van der Waals surface area (Å²) in [7, 11) is 0. The van der Waals surface area contributed by atoms with E-state index in [0.29, 0.717) is 10.8 Å². The minimum atomic E-state index is 0.348. The van der Waals surface area contributed by atoms with Crippen LogP contribution in [0.1, 0.15) is 34.6 Å². The van der Waals surface area contributed by atoms with E-state index >= 15 is 0 Å². The van der Waals surface area contributed by atoms with Crippen molar-refractivity contribution in [1.82, 2.24) is 5.32 Å². The molecule has 0 saturated heterocycles. The number of rotatable bonds is 5. The summed E-state index contributed by atoms with van der Waals surface area (Å²) in [6.07, 6.45) is 0. The van der Waals surface area contributed by atoms with Crippen LogP contribution in [0.2, 0.25) is 0 Å². The van der Waals surface area contributed by atoms with Gasteiger partial charge in [-0.05, 0) is 0 Å². The topological polar surface area (TPSA) is 12.0 Å². The lowest BCUT2D eigenvalue weighted by Gasteiger charge is -2.19. The molecule has 0 aromatic rings. The Bertz CT molecular complexity index is 156. The van der Waals surface area contributed by atoms with Gasteiger partial charge in [-0.1, -0.05) is 46.8 Å². The standard InChI is InChI=1S/C11H23NS/c1-9(2)12-7-10(3)8-13-11(4,5)6/h9,12H,3,7-8H2,1-2,4-6H3. The smallest absolute Gasteiger partial charge is 0.0172 e. The van der Waals surface area contributed by atoms with E-state index in [1.165, 1.54) is 5.57 Å². The third kappa shape index (κ3) is 9.97. The summed E-state index contributed by atoms with van der Waals surface area (Å²) in [5.74, 6) is 1.06. The zero-order chi connectivity index (χ0) is 10.5. The fourth-order valence-corrected chi connectivity index (χ4v) is 1.46. The molecule has 0 amide bonds. The van der Waals surface area contributed by atoms with Crippen molar-refractivity contribution in [3.8, 4) is 0 Å². The van der Waals surface area contributed by atoms with Gasteiger partial charge >= 0.3 is 0 Å². The first-order valence-electron chi connectivity index (χ1n) is 4.85. The van der Waals surface area contributed by atoms with Crippen LogP contribution < -0.4 is 5.32 Å². The third-order valence-electron chi connectivity index (χ3n) is 1.47. The van der Waals surface area contributed by atoms with Crippen molar-refractivity contribution >= 4 is 11.8 Å². The second-order valence-corrected chi connectivity index (χ2v) is 6.49. The Labute approximate surface area is 87.4 Å². The van der Waals surface area contributed by atoms with Crippen molar-refractivity contribution in [2.24, 2.45) is 0 Å².